The van der Waals surface area contributed by atoms with E-state index in [0.717, 1.165) is 63.5 Å². The predicted octanol–water partition coefficient (Wildman–Crippen LogP) is 1.59. The maximum Gasteiger partial charge on any atom is 0.267 e. The van der Waals surface area contributed by atoms with Gasteiger partial charge in [-0.05, 0) is 36.5 Å². The average molecular weight is 386 g/mol. The number of likely N-dealkylation sites (tertiary alicyclic amines) is 1. The number of hydroxylamine groups is 1. The van der Waals surface area contributed by atoms with E-state index in [9.17, 15) is 9.59 Å². The minimum absolute atomic E-state index is 0.189. The molecule has 2 N–H and O–H groups in total. The predicted molar refractivity (Wildman–Crippen MR) is 109 cm³/mol. The molecule has 2 heterocycles. The highest BCUT2D eigenvalue weighted by Crippen LogP contribution is 2.24. The van der Waals surface area contributed by atoms with Crippen LogP contribution in [-0.4, -0.2) is 72.6 Å². The number of para-hydroxylation sites is 1. The summed E-state index contributed by atoms with van der Waals surface area (Å²) in [6.45, 7) is 8.35. The number of piperidine rings is 1. The fourth-order valence-corrected chi connectivity index (χ4v) is 4.16. The van der Waals surface area contributed by atoms with Gasteiger partial charge in [0.1, 0.15) is 0 Å². The van der Waals surface area contributed by atoms with E-state index >= 15 is 0 Å². The van der Waals surface area contributed by atoms with Gasteiger partial charge < -0.3 is 9.80 Å². The Balaban J connectivity index is 1.55. The Bertz CT molecular complexity index is 713. The quantitative estimate of drug-likeness (QED) is 0.457. The van der Waals surface area contributed by atoms with E-state index in [1.165, 1.54) is 12.5 Å². The molecule has 152 valence electrons. The third-order valence-electron chi connectivity index (χ3n) is 5.65. The Hall–Kier alpha value is -2.38. The van der Waals surface area contributed by atoms with Crippen molar-refractivity contribution in [2.45, 2.75) is 19.8 Å². The number of benzene rings is 1. The second-order valence-electron chi connectivity index (χ2n) is 7.63. The molecular weight excluding hydrogens is 356 g/mol. The highest BCUT2D eigenvalue weighted by Gasteiger charge is 2.25. The number of hydrogen-bond donors (Lipinski definition) is 2. The number of hydrogen-bond acceptors (Lipinski definition) is 5. The Morgan fingerprint density at radius 3 is 2.64 bits per heavy atom. The van der Waals surface area contributed by atoms with Crippen molar-refractivity contribution in [3.8, 4) is 0 Å². The van der Waals surface area contributed by atoms with Crippen molar-refractivity contribution in [1.29, 1.82) is 0 Å². The number of carbonyl (C=O) groups excluding carboxylic acids is 2. The summed E-state index contributed by atoms with van der Waals surface area (Å²) in [7, 11) is 0. The zero-order valence-corrected chi connectivity index (χ0v) is 16.5. The van der Waals surface area contributed by atoms with Crippen LogP contribution in [0.25, 0.3) is 6.08 Å². The number of anilines is 1. The van der Waals surface area contributed by atoms with Crippen LogP contribution in [0.1, 0.15) is 25.3 Å². The first-order valence-electron chi connectivity index (χ1n) is 10.0. The van der Waals surface area contributed by atoms with Crippen LogP contribution in [0, 0.1) is 5.92 Å². The van der Waals surface area contributed by atoms with Crippen molar-refractivity contribution in [2.75, 3.05) is 50.7 Å². The number of nitrogens with zero attached hydrogens (tertiary/aromatic N) is 3. The van der Waals surface area contributed by atoms with Crippen LogP contribution in [0.15, 0.2) is 30.3 Å². The van der Waals surface area contributed by atoms with Crippen molar-refractivity contribution in [3.63, 3.8) is 0 Å². The largest absolute Gasteiger partial charge is 0.368 e. The lowest BCUT2D eigenvalue weighted by molar-refractivity contribution is -0.130. The maximum atomic E-state index is 11.6. The number of carbonyl (C=O) groups is 2. The molecule has 1 aromatic carbocycles. The second kappa shape index (κ2) is 9.71. The summed E-state index contributed by atoms with van der Waals surface area (Å²) in [6, 6.07) is 7.99. The van der Waals surface area contributed by atoms with Crippen LogP contribution in [0.3, 0.4) is 0 Å². The summed E-state index contributed by atoms with van der Waals surface area (Å²) >= 11 is 0. The van der Waals surface area contributed by atoms with E-state index in [4.69, 9.17) is 5.21 Å². The zero-order valence-electron chi connectivity index (χ0n) is 16.5. The van der Waals surface area contributed by atoms with E-state index in [2.05, 4.69) is 15.9 Å². The van der Waals surface area contributed by atoms with Crippen molar-refractivity contribution < 1.29 is 14.8 Å². The first kappa shape index (κ1) is 20.4. The van der Waals surface area contributed by atoms with Crippen molar-refractivity contribution in [2.24, 2.45) is 5.92 Å². The monoisotopic (exact) mass is 386 g/mol. The van der Waals surface area contributed by atoms with Crippen LogP contribution < -0.4 is 10.4 Å². The Morgan fingerprint density at radius 2 is 1.93 bits per heavy atom. The lowest BCUT2D eigenvalue weighted by Crippen LogP contribution is -2.50. The molecule has 1 unspecified atom stereocenters. The molecule has 2 saturated heterocycles. The number of rotatable bonds is 5. The van der Waals surface area contributed by atoms with Crippen molar-refractivity contribution >= 4 is 23.6 Å². The molecule has 1 aromatic rings. The van der Waals surface area contributed by atoms with Crippen LogP contribution >= 0.6 is 0 Å². The first-order valence-corrected chi connectivity index (χ1v) is 10.0. The van der Waals surface area contributed by atoms with Crippen LogP contribution in [0.5, 0.6) is 0 Å². The Morgan fingerprint density at radius 1 is 1.18 bits per heavy atom. The number of piperazine rings is 1. The molecule has 1 atom stereocenters. The smallest absolute Gasteiger partial charge is 0.267 e. The molecule has 0 bridgehead atoms. The van der Waals surface area contributed by atoms with Gasteiger partial charge in [0.05, 0.1) is 0 Å². The maximum absolute atomic E-state index is 11.6. The van der Waals surface area contributed by atoms with Gasteiger partial charge in [0.25, 0.3) is 5.91 Å². The Labute approximate surface area is 166 Å². The van der Waals surface area contributed by atoms with Crippen LogP contribution in [0.2, 0.25) is 0 Å². The van der Waals surface area contributed by atoms with Gasteiger partial charge in [-0.3, -0.25) is 19.7 Å². The molecule has 0 spiro atoms. The number of amides is 2. The lowest BCUT2D eigenvalue weighted by Gasteiger charge is -2.40. The van der Waals surface area contributed by atoms with Gasteiger partial charge in [-0.2, -0.15) is 0 Å². The SMILES string of the molecule is CC(=O)N1CCCC(CN2CCN(c3ccccc3/C=C/C(=O)NO)CC2)C1. The summed E-state index contributed by atoms with van der Waals surface area (Å²) < 4.78 is 0. The first-order chi connectivity index (χ1) is 13.6. The molecule has 0 radical (unpaired) electrons. The molecule has 28 heavy (non-hydrogen) atoms. The van der Waals surface area contributed by atoms with E-state index in [1.54, 1.807) is 18.5 Å². The van der Waals surface area contributed by atoms with Gasteiger partial charge in [-0.25, -0.2) is 5.48 Å². The molecule has 2 aliphatic rings. The second-order valence-corrected chi connectivity index (χ2v) is 7.63. The minimum atomic E-state index is -0.535. The van der Waals surface area contributed by atoms with Gasteiger partial charge >= 0.3 is 0 Å². The topological polar surface area (TPSA) is 76.1 Å². The molecule has 3 rings (SSSR count). The third kappa shape index (κ3) is 5.33. The summed E-state index contributed by atoms with van der Waals surface area (Å²) in [4.78, 5) is 29.7. The highest BCUT2D eigenvalue weighted by atomic mass is 16.5. The lowest BCUT2D eigenvalue weighted by atomic mass is 9.97. The molecule has 2 aliphatic heterocycles. The van der Waals surface area contributed by atoms with Gasteiger partial charge in [-0.1, -0.05) is 18.2 Å². The minimum Gasteiger partial charge on any atom is -0.368 e. The molecular formula is C21H30N4O3. The van der Waals surface area contributed by atoms with Gasteiger partial charge in [-0.15, -0.1) is 0 Å². The van der Waals surface area contributed by atoms with E-state index in [1.807, 2.05) is 23.1 Å². The van der Waals surface area contributed by atoms with Gasteiger partial charge in [0.15, 0.2) is 0 Å². The Kier molecular flexibility index (Phi) is 7.06. The van der Waals surface area contributed by atoms with Gasteiger partial charge in [0, 0.05) is 64.5 Å². The molecule has 0 saturated carbocycles. The fourth-order valence-electron chi connectivity index (χ4n) is 4.16. The standard InChI is InChI=1S/C21H30N4O3/c1-17(26)25-10-4-5-18(16-25)15-23-11-13-24(14-12-23)20-7-3-2-6-19(20)8-9-21(27)22-28/h2-3,6-9,18,28H,4-5,10-16H2,1H3,(H,22,27)/b9-8+. The average Bonchev–Trinajstić information content (AvgIpc) is 2.73. The van der Waals surface area contributed by atoms with Gasteiger partial charge in [0.2, 0.25) is 5.91 Å². The summed E-state index contributed by atoms with van der Waals surface area (Å²) in [5, 5.41) is 8.65. The molecule has 2 amide bonds. The highest BCUT2D eigenvalue weighted by molar-refractivity contribution is 5.91. The van der Waals surface area contributed by atoms with Crippen LogP contribution in [-0.2, 0) is 9.59 Å². The van der Waals surface area contributed by atoms with Crippen molar-refractivity contribution in [3.05, 3.63) is 35.9 Å². The van der Waals surface area contributed by atoms with Crippen molar-refractivity contribution in [1.82, 2.24) is 15.3 Å². The molecule has 7 heteroatoms. The van der Waals surface area contributed by atoms with Crippen LogP contribution in [0.4, 0.5) is 5.69 Å². The molecule has 0 aliphatic carbocycles. The molecule has 2 fully saturated rings. The summed E-state index contributed by atoms with van der Waals surface area (Å²) in [6.07, 6.45) is 5.36. The third-order valence-corrected chi connectivity index (χ3v) is 5.65. The zero-order chi connectivity index (χ0) is 19.9. The van der Waals surface area contributed by atoms with E-state index in [-0.39, 0.29) is 5.91 Å². The molecule has 0 aromatic heterocycles. The van der Waals surface area contributed by atoms with E-state index < -0.39 is 5.91 Å². The fraction of sp³-hybridized carbons (Fsp3) is 0.524. The van der Waals surface area contributed by atoms with E-state index in [0.29, 0.717) is 5.92 Å². The molecule has 7 nitrogen and oxygen atoms in total. The normalized spacial score (nSPS) is 21.1. The summed E-state index contributed by atoms with van der Waals surface area (Å²) in [5.74, 6) is 0.220. The number of nitrogens with one attached hydrogen (secondary N) is 1. The summed E-state index contributed by atoms with van der Waals surface area (Å²) in [5.41, 5.74) is 3.68.